The minimum atomic E-state index is -2.38. The van der Waals surface area contributed by atoms with Crippen molar-refractivity contribution in [1.29, 1.82) is 0 Å². The smallest absolute Gasteiger partial charge is 0.157 e. The molecule has 21 heavy (non-hydrogen) atoms. The van der Waals surface area contributed by atoms with Crippen molar-refractivity contribution < 1.29 is 20.8 Å². The van der Waals surface area contributed by atoms with Crippen molar-refractivity contribution in [1.82, 2.24) is 5.32 Å². The zero-order valence-electron chi connectivity index (χ0n) is 15.0. The quantitative estimate of drug-likeness (QED) is 0.643. The lowest BCUT2D eigenvalue weighted by molar-refractivity contribution is 0.398. The number of phenols is 3. The topological polar surface area (TPSA) is 72.7 Å². The molecule has 3 rings (SSSR count). The van der Waals surface area contributed by atoms with Crippen molar-refractivity contribution in [2.75, 3.05) is 6.50 Å². The maximum absolute atomic E-state index is 9.77. The molecule has 1 aliphatic rings. The summed E-state index contributed by atoms with van der Waals surface area (Å²) < 4.78 is 32.2. The molecule has 1 unspecified atom stereocenters. The number of phenolic OH excluding ortho intramolecular Hbond substituents is 3. The first-order valence-electron chi connectivity index (χ1n) is 8.24. The summed E-state index contributed by atoms with van der Waals surface area (Å²) in [6.45, 7) is -2.36. The highest BCUT2D eigenvalue weighted by Gasteiger charge is 2.21. The van der Waals surface area contributed by atoms with Gasteiger partial charge in [-0.1, -0.05) is 12.1 Å². The third-order valence-corrected chi connectivity index (χ3v) is 3.34. The average molecular weight is 312 g/mol. The van der Waals surface area contributed by atoms with Gasteiger partial charge in [-0.3, -0.25) is 0 Å². The summed E-state index contributed by atoms with van der Waals surface area (Å²) in [7, 11) is 0. The lowest BCUT2D eigenvalue weighted by Crippen LogP contribution is -2.31. The third kappa shape index (κ3) is 3.23. The van der Waals surface area contributed by atoms with Gasteiger partial charge in [0.1, 0.15) is 5.75 Å². The molecule has 2 aromatic carbocycles. The number of hydrogen-bond acceptors (Lipinski definition) is 4. The van der Waals surface area contributed by atoms with E-state index in [2.05, 4.69) is 5.32 Å². The molecule has 4 nitrogen and oxygen atoms in total. The highest BCUT2D eigenvalue weighted by atomic mass is 35.5. The van der Waals surface area contributed by atoms with Crippen LogP contribution in [0.4, 0.5) is 0 Å². The fourth-order valence-corrected chi connectivity index (χ4v) is 2.29. The second-order valence-electron chi connectivity index (χ2n) is 4.75. The third-order valence-electron chi connectivity index (χ3n) is 3.34. The second-order valence-corrected chi connectivity index (χ2v) is 4.75. The molecule has 1 atom stereocenters. The maximum atomic E-state index is 9.77. The van der Waals surface area contributed by atoms with E-state index < -0.39 is 24.7 Å². The molecule has 0 saturated carbocycles. The normalized spacial score (nSPS) is 24.5. The van der Waals surface area contributed by atoms with Crippen molar-refractivity contribution in [3.05, 3.63) is 53.1 Å². The van der Waals surface area contributed by atoms with E-state index in [1.54, 1.807) is 12.1 Å². The molecule has 0 aliphatic carbocycles. The van der Waals surface area contributed by atoms with Gasteiger partial charge in [0.25, 0.3) is 0 Å². The summed E-state index contributed by atoms with van der Waals surface area (Å²) >= 11 is 0. The van der Waals surface area contributed by atoms with Crippen LogP contribution in [0.1, 0.15) is 28.2 Å². The van der Waals surface area contributed by atoms with E-state index in [0.29, 0.717) is 12.0 Å². The predicted molar refractivity (Wildman–Crippen MR) is 83.3 cm³/mol. The Morgan fingerprint density at radius 3 is 2.48 bits per heavy atom. The van der Waals surface area contributed by atoms with Gasteiger partial charge in [-0.15, -0.1) is 12.4 Å². The van der Waals surface area contributed by atoms with Crippen LogP contribution >= 0.6 is 12.4 Å². The van der Waals surface area contributed by atoms with Crippen LogP contribution in [0.15, 0.2) is 36.4 Å². The molecular weight excluding hydrogens is 290 g/mol. The number of aryl methyl sites for hydroxylation is 1. The summed E-state index contributed by atoms with van der Waals surface area (Å²) in [5, 5.41) is 31.5. The first-order valence-corrected chi connectivity index (χ1v) is 6.24. The number of hydrogen-bond donors (Lipinski definition) is 4. The molecule has 1 heterocycles. The van der Waals surface area contributed by atoms with Crippen molar-refractivity contribution in [3.8, 4) is 17.2 Å². The molecule has 0 radical (unpaired) electrons. The van der Waals surface area contributed by atoms with Gasteiger partial charge in [-0.2, -0.15) is 0 Å². The summed E-state index contributed by atoms with van der Waals surface area (Å²) in [5.74, 6) is -0.756. The van der Waals surface area contributed by atoms with Crippen LogP contribution in [0.5, 0.6) is 17.2 Å². The molecular formula is C16H18ClNO3. The molecule has 0 saturated heterocycles. The van der Waals surface area contributed by atoms with Crippen LogP contribution in [-0.4, -0.2) is 21.8 Å². The van der Waals surface area contributed by atoms with Gasteiger partial charge >= 0.3 is 0 Å². The Balaban J connectivity index is 0.00000225. The Morgan fingerprint density at radius 1 is 1.10 bits per heavy atom. The highest BCUT2D eigenvalue weighted by molar-refractivity contribution is 5.85. The van der Waals surface area contributed by atoms with E-state index >= 15 is 0 Å². The van der Waals surface area contributed by atoms with Crippen molar-refractivity contribution in [2.24, 2.45) is 0 Å². The van der Waals surface area contributed by atoms with Crippen LogP contribution in [0, 0.1) is 0 Å². The van der Waals surface area contributed by atoms with Crippen LogP contribution in [0.25, 0.3) is 0 Å². The van der Waals surface area contributed by atoms with E-state index in [0.717, 1.165) is 11.6 Å². The van der Waals surface area contributed by atoms with Gasteiger partial charge in [-0.05, 0) is 60.2 Å². The Hall–Kier alpha value is -1.91. The zero-order valence-corrected chi connectivity index (χ0v) is 11.8. The molecule has 112 valence electrons. The van der Waals surface area contributed by atoms with Crippen LogP contribution in [0.3, 0.4) is 0 Å². The van der Waals surface area contributed by atoms with Gasteiger partial charge in [0.2, 0.25) is 0 Å². The Kier molecular flexibility index (Phi) is 3.20. The average Bonchev–Trinajstić information content (AvgIpc) is 2.49. The van der Waals surface area contributed by atoms with Crippen LogP contribution < -0.4 is 5.32 Å². The van der Waals surface area contributed by atoms with E-state index in [-0.39, 0.29) is 29.5 Å². The Labute approximate surface area is 135 Å². The molecule has 0 amide bonds. The lowest BCUT2D eigenvalue weighted by Gasteiger charge is -2.27. The maximum Gasteiger partial charge on any atom is 0.157 e. The van der Waals surface area contributed by atoms with Gasteiger partial charge in [0.05, 0.1) is 0 Å². The van der Waals surface area contributed by atoms with Crippen LogP contribution in [0.2, 0.25) is 0 Å². The summed E-state index contributed by atoms with van der Waals surface area (Å²) in [4.78, 5) is 0. The summed E-state index contributed by atoms with van der Waals surface area (Å²) in [6, 6.07) is 8.15. The van der Waals surface area contributed by atoms with Gasteiger partial charge in [0.15, 0.2) is 11.5 Å². The van der Waals surface area contributed by atoms with E-state index in [1.165, 1.54) is 18.2 Å². The molecule has 0 fully saturated rings. The van der Waals surface area contributed by atoms with Crippen LogP contribution in [-0.2, 0) is 12.8 Å². The summed E-state index contributed by atoms with van der Waals surface area (Å²) in [5.41, 5.74) is 1.20. The molecule has 1 aliphatic heterocycles. The van der Waals surface area contributed by atoms with Gasteiger partial charge in [-0.25, -0.2) is 0 Å². The van der Waals surface area contributed by atoms with Gasteiger partial charge < -0.3 is 20.6 Å². The standard InChI is InChI=1S/C16H17NO3.ClH/c18-12-3-1-10(2-4-12)7-14-13-9-16(20)15(19)8-11(13)5-6-17-14;/h1-4,8-9,14,17-20H,5-7H2;1H/i5D2,6D2;. The number of fused-ring (bicyclic) bond motifs is 1. The van der Waals surface area contributed by atoms with Crippen molar-refractivity contribution >= 4 is 12.4 Å². The Morgan fingerprint density at radius 2 is 1.76 bits per heavy atom. The second kappa shape index (κ2) is 6.24. The molecule has 0 bridgehead atoms. The van der Waals surface area contributed by atoms with E-state index in [9.17, 15) is 15.3 Å². The molecule has 5 heteroatoms. The molecule has 0 spiro atoms. The first kappa shape index (κ1) is 10.8. The first-order chi connectivity index (χ1) is 11.1. The monoisotopic (exact) mass is 311 g/mol. The van der Waals surface area contributed by atoms with Crippen molar-refractivity contribution in [2.45, 2.75) is 18.8 Å². The number of halogens is 1. The number of nitrogens with one attached hydrogen (secondary N) is 1. The van der Waals surface area contributed by atoms with E-state index in [4.69, 9.17) is 5.48 Å². The van der Waals surface area contributed by atoms with Crippen molar-refractivity contribution in [3.63, 3.8) is 0 Å². The number of aromatic hydroxyl groups is 3. The minimum Gasteiger partial charge on any atom is -0.508 e. The fraction of sp³-hybridized carbons (Fsp3) is 0.250. The predicted octanol–water partition coefficient (Wildman–Crippen LogP) is 2.65. The number of benzene rings is 2. The number of rotatable bonds is 2. The summed E-state index contributed by atoms with van der Waals surface area (Å²) in [6.07, 6.45) is -2.05. The van der Waals surface area contributed by atoms with E-state index in [1.807, 2.05) is 0 Å². The molecule has 0 aromatic heterocycles. The molecule has 2 aromatic rings. The SMILES string of the molecule is Cl.[2H]C1([2H])NC(Cc2ccc(O)cc2)c2cc(O)c(O)cc2C1([2H])[2H]. The lowest BCUT2D eigenvalue weighted by atomic mass is 9.90. The largest absolute Gasteiger partial charge is 0.508 e. The fourth-order valence-electron chi connectivity index (χ4n) is 2.29. The molecule has 4 N–H and O–H groups in total. The van der Waals surface area contributed by atoms with Gasteiger partial charge in [0, 0.05) is 11.5 Å². The highest BCUT2D eigenvalue weighted by Crippen LogP contribution is 2.34. The minimum absolute atomic E-state index is 0. The Bertz CT molecular complexity index is 784. The zero-order chi connectivity index (χ0) is 17.7.